The van der Waals surface area contributed by atoms with Crippen molar-refractivity contribution in [2.24, 2.45) is 5.73 Å². The van der Waals surface area contributed by atoms with E-state index in [2.05, 4.69) is 25.4 Å². The van der Waals surface area contributed by atoms with Gasteiger partial charge in [-0.1, -0.05) is 6.07 Å². The molecule has 2 aromatic carbocycles. The second kappa shape index (κ2) is 10.7. The van der Waals surface area contributed by atoms with Gasteiger partial charge >= 0.3 is 11.7 Å². The number of rotatable bonds is 9. The highest BCUT2D eigenvalue weighted by Gasteiger charge is 2.23. The van der Waals surface area contributed by atoms with Gasteiger partial charge < -0.3 is 20.5 Å². The van der Waals surface area contributed by atoms with Crippen LogP contribution in [0.2, 0.25) is 0 Å². The maximum Gasteiger partial charge on any atom is 0.350 e. The minimum atomic E-state index is -0.827. The second-order valence-corrected chi connectivity index (χ2v) is 7.82. The SMILES string of the molecule is COc1cc(CF)cc(C(Nc2ccc(C(=N)N)c(OC(C)=O)c2)c2nn(-c3ncccn3)c(=O)[nH]2)c1. The first kappa shape index (κ1) is 25.0. The van der Waals surface area contributed by atoms with Crippen LogP contribution in [0.25, 0.3) is 5.95 Å². The van der Waals surface area contributed by atoms with Crippen molar-refractivity contribution in [2.75, 3.05) is 12.4 Å². The predicted octanol–water partition coefficient (Wildman–Crippen LogP) is 2.24. The minimum absolute atomic E-state index is 0.0618. The lowest BCUT2D eigenvalue weighted by molar-refractivity contribution is -0.131. The molecule has 0 saturated carbocycles. The van der Waals surface area contributed by atoms with Gasteiger partial charge in [-0.2, -0.15) is 0 Å². The summed E-state index contributed by atoms with van der Waals surface area (Å²) in [5.41, 5.74) is 6.55. The van der Waals surface area contributed by atoms with Gasteiger partial charge in [0.2, 0.25) is 0 Å². The van der Waals surface area contributed by atoms with Crippen LogP contribution in [-0.2, 0) is 11.5 Å². The van der Waals surface area contributed by atoms with Crippen molar-refractivity contribution < 1.29 is 18.7 Å². The number of nitrogens with zero attached hydrogens (tertiary/aromatic N) is 4. The van der Waals surface area contributed by atoms with Gasteiger partial charge in [0.15, 0.2) is 5.82 Å². The van der Waals surface area contributed by atoms with E-state index >= 15 is 0 Å². The smallest absolute Gasteiger partial charge is 0.350 e. The number of halogens is 1. The summed E-state index contributed by atoms with van der Waals surface area (Å²) in [6.07, 6.45) is 2.95. The number of alkyl halides is 1. The third kappa shape index (κ3) is 5.61. The first-order valence-corrected chi connectivity index (χ1v) is 10.9. The topological polar surface area (TPSA) is 174 Å². The Morgan fingerprint density at radius 3 is 2.65 bits per heavy atom. The molecule has 0 bridgehead atoms. The molecule has 0 amide bonds. The molecular weight excluding hydrogens is 483 g/mol. The highest BCUT2D eigenvalue weighted by molar-refractivity contribution is 5.98. The van der Waals surface area contributed by atoms with Crippen LogP contribution >= 0.6 is 0 Å². The van der Waals surface area contributed by atoms with Gasteiger partial charge in [-0.15, -0.1) is 9.78 Å². The van der Waals surface area contributed by atoms with Crippen molar-refractivity contribution >= 4 is 17.5 Å². The Balaban J connectivity index is 1.83. The van der Waals surface area contributed by atoms with Crippen molar-refractivity contribution in [2.45, 2.75) is 19.6 Å². The fourth-order valence-corrected chi connectivity index (χ4v) is 3.60. The molecule has 0 aliphatic heterocycles. The molecule has 37 heavy (non-hydrogen) atoms. The molecule has 1 unspecified atom stereocenters. The normalized spacial score (nSPS) is 11.5. The molecule has 4 aromatic rings. The summed E-state index contributed by atoms with van der Waals surface area (Å²) in [5.74, 6) is -0.187. The number of carbonyl (C=O) groups is 1. The molecule has 0 saturated heterocycles. The van der Waals surface area contributed by atoms with Crippen LogP contribution in [-0.4, -0.2) is 43.6 Å². The standard InChI is InChI=1S/C24H23FN8O4/c1-13(34)37-19-11-16(4-5-18(19)21(26)27)30-20(15-8-14(12-25)9-17(10-15)36-2)22-31-24(35)33(32-22)23-28-6-3-7-29-23/h3-11,20,30H,12H2,1-2H3,(H3,26,27)(H,31,32,35). The molecule has 0 radical (unpaired) electrons. The van der Waals surface area contributed by atoms with Crippen LogP contribution in [0.1, 0.15) is 35.5 Å². The van der Waals surface area contributed by atoms with E-state index in [4.69, 9.17) is 20.6 Å². The average Bonchev–Trinajstić information content (AvgIpc) is 3.28. The number of nitrogens with one attached hydrogen (secondary N) is 3. The van der Waals surface area contributed by atoms with Gasteiger partial charge in [-0.25, -0.2) is 19.2 Å². The van der Waals surface area contributed by atoms with Crippen LogP contribution in [0.15, 0.2) is 59.7 Å². The number of anilines is 1. The molecule has 0 fully saturated rings. The molecule has 0 aliphatic rings. The molecular formula is C24H23FN8O4. The van der Waals surface area contributed by atoms with Gasteiger partial charge in [0.05, 0.1) is 12.7 Å². The average molecular weight is 506 g/mol. The van der Waals surface area contributed by atoms with Crippen molar-refractivity contribution in [3.8, 4) is 17.4 Å². The fraction of sp³-hybridized carbons (Fsp3) is 0.167. The Kier molecular flexibility index (Phi) is 7.23. The Bertz CT molecular complexity index is 1480. The van der Waals surface area contributed by atoms with E-state index in [1.54, 1.807) is 30.3 Å². The van der Waals surface area contributed by atoms with E-state index in [0.717, 1.165) is 4.68 Å². The third-order valence-electron chi connectivity index (χ3n) is 5.20. The minimum Gasteiger partial charge on any atom is -0.497 e. The van der Waals surface area contributed by atoms with E-state index < -0.39 is 24.4 Å². The zero-order valence-corrected chi connectivity index (χ0v) is 19.9. The molecule has 190 valence electrons. The van der Waals surface area contributed by atoms with Crippen LogP contribution < -0.4 is 26.2 Å². The second-order valence-electron chi connectivity index (χ2n) is 7.82. The zero-order valence-electron chi connectivity index (χ0n) is 19.9. The predicted molar refractivity (Wildman–Crippen MR) is 132 cm³/mol. The summed E-state index contributed by atoms with van der Waals surface area (Å²) in [4.78, 5) is 35.1. The highest BCUT2D eigenvalue weighted by Crippen LogP contribution is 2.31. The number of methoxy groups -OCH3 is 1. The lowest BCUT2D eigenvalue weighted by atomic mass is 10.0. The van der Waals surface area contributed by atoms with Gasteiger partial charge in [0, 0.05) is 31.1 Å². The van der Waals surface area contributed by atoms with Crippen LogP contribution in [0.3, 0.4) is 0 Å². The molecule has 1 atom stereocenters. The number of nitrogens with two attached hydrogens (primary N) is 1. The van der Waals surface area contributed by atoms with Crippen LogP contribution in [0.5, 0.6) is 11.5 Å². The van der Waals surface area contributed by atoms with Crippen molar-refractivity contribution in [3.05, 3.63) is 87.9 Å². The number of esters is 1. The number of carbonyl (C=O) groups excluding carboxylic acids is 1. The Morgan fingerprint density at radius 2 is 2.00 bits per heavy atom. The van der Waals surface area contributed by atoms with Crippen molar-refractivity contribution in [3.63, 3.8) is 0 Å². The molecule has 0 spiro atoms. The summed E-state index contributed by atoms with van der Waals surface area (Å²) in [6.45, 7) is 0.480. The number of aromatic amines is 1. The van der Waals surface area contributed by atoms with Gasteiger partial charge in [-0.05, 0) is 41.5 Å². The van der Waals surface area contributed by atoms with E-state index in [-0.39, 0.29) is 28.9 Å². The quantitative estimate of drug-likeness (QED) is 0.115. The van der Waals surface area contributed by atoms with E-state index in [0.29, 0.717) is 22.6 Å². The molecule has 5 N–H and O–H groups in total. The largest absolute Gasteiger partial charge is 0.497 e. The summed E-state index contributed by atoms with van der Waals surface area (Å²) in [5, 5.41) is 15.3. The monoisotopic (exact) mass is 506 g/mol. The molecule has 2 aromatic heterocycles. The van der Waals surface area contributed by atoms with Crippen molar-refractivity contribution in [1.29, 1.82) is 5.41 Å². The summed E-state index contributed by atoms with van der Waals surface area (Å²) >= 11 is 0. The first-order chi connectivity index (χ1) is 17.8. The number of amidine groups is 1. The van der Waals surface area contributed by atoms with Gasteiger partial charge in [0.1, 0.15) is 30.1 Å². The Hall–Kier alpha value is -5.07. The van der Waals surface area contributed by atoms with Crippen molar-refractivity contribution in [1.82, 2.24) is 24.7 Å². The molecule has 0 aliphatic carbocycles. The Morgan fingerprint density at radius 1 is 1.24 bits per heavy atom. The van der Waals surface area contributed by atoms with E-state index in [9.17, 15) is 14.0 Å². The maximum atomic E-state index is 13.6. The summed E-state index contributed by atoms with van der Waals surface area (Å²) < 4.78 is 25.2. The molecule has 12 nitrogen and oxygen atoms in total. The van der Waals surface area contributed by atoms with E-state index in [1.807, 2.05) is 0 Å². The fourth-order valence-electron chi connectivity index (χ4n) is 3.60. The number of hydrogen-bond donors (Lipinski definition) is 4. The van der Waals surface area contributed by atoms with E-state index in [1.165, 1.54) is 38.6 Å². The van der Waals surface area contributed by atoms with Crippen LogP contribution in [0.4, 0.5) is 10.1 Å². The lowest BCUT2D eigenvalue weighted by Gasteiger charge is -2.20. The number of hydrogen-bond acceptors (Lipinski definition) is 9. The highest BCUT2D eigenvalue weighted by atomic mass is 19.1. The summed E-state index contributed by atoms with van der Waals surface area (Å²) in [7, 11) is 1.46. The molecule has 4 rings (SSSR count). The number of nitrogen functional groups attached to an aromatic ring is 1. The molecule has 2 heterocycles. The van der Waals surface area contributed by atoms with Gasteiger partial charge in [-0.3, -0.25) is 15.2 Å². The number of aromatic nitrogens is 5. The number of H-pyrrole nitrogens is 1. The zero-order chi connectivity index (χ0) is 26.5. The number of ether oxygens (including phenoxy) is 2. The molecule has 13 heteroatoms. The first-order valence-electron chi connectivity index (χ1n) is 10.9. The third-order valence-corrected chi connectivity index (χ3v) is 5.20. The lowest BCUT2D eigenvalue weighted by Crippen LogP contribution is -2.18. The number of benzene rings is 2. The summed E-state index contributed by atoms with van der Waals surface area (Å²) in [6, 6.07) is 10.2. The van der Waals surface area contributed by atoms with Crippen LogP contribution in [0, 0.1) is 5.41 Å². The van der Waals surface area contributed by atoms with Gasteiger partial charge in [0.25, 0.3) is 5.95 Å². The maximum absolute atomic E-state index is 13.6. The Labute approximate surface area is 209 Å².